The van der Waals surface area contributed by atoms with Crippen LogP contribution in [-0.2, 0) is 4.79 Å². The predicted molar refractivity (Wildman–Crippen MR) is 91.3 cm³/mol. The number of benzene rings is 1. The van der Waals surface area contributed by atoms with E-state index in [0.717, 1.165) is 31.2 Å². The number of hydrogen-bond donors (Lipinski definition) is 2. The molecule has 0 bridgehead atoms. The van der Waals surface area contributed by atoms with Gasteiger partial charge >= 0.3 is 0 Å². The second-order valence-corrected chi connectivity index (χ2v) is 6.35. The molecule has 1 fully saturated rings. The van der Waals surface area contributed by atoms with Gasteiger partial charge in [0.25, 0.3) is 0 Å². The molecule has 0 spiro atoms. The number of nitrogens with zero attached hydrogens (tertiary/aromatic N) is 2. The quantitative estimate of drug-likeness (QED) is 0.826. The zero-order valence-electron chi connectivity index (χ0n) is 12.9. The molecule has 23 heavy (non-hydrogen) atoms. The summed E-state index contributed by atoms with van der Waals surface area (Å²) in [6.07, 6.45) is 4.30. The number of carbonyl (C=O) groups is 1. The molecule has 6 heteroatoms. The maximum atomic E-state index is 11.6. The summed E-state index contributed by atoms with van der Waals surface area (Å²) in [6.45, 7) is 0. The van der Waals surface area contributed by atoms with Crippen LogP contribution in [0.1, 0.15) is 43.9 Å². The van der Waals surface area contributed by atoms with Crippen LogP contribution < -0.4 is 5.32 Å². The zero-order valence-corrected chi connectivity index (χ0v) is 13.8. The molecule has 3 rings (SSSR count). The number of rotatable bonds is 5. The number of carbonyl (C=O) groups excluding carboxylic acids is 1. The molecule has 0 atom stereocenters. The number of nitrogens with one attached hydrogen (secondary N) is 1. The van der Waals surface area contributed by atoms with Crippen molar-refractivity contribution in [3.05, 3.63) is 36.2 Å². The third-order valence-corrected chi connectivity index (χ3v) is 4.47. The van der Waals surface area contributed by atoms with Crippen molar-refractivity contribution in [1.29, 1.82) is 0 Å². The van der Waals surface area contributed by atoms with Gasteiger partial charge in [-0.25, -0.2) is 0 Å². The van der Waals surface area contributed by atoms with Gasteiger partial charge in [0.15, 0.2) is 0 Å². The summed E-state index contributed by atoms with van der Waals surface area (Å²) in [5, 5.41) is 11.4. The largest absolute Gasteiger partial charge is 0.420 e. The minimum absolute atomic E-state index is 0.0904. The molecule has 1 amide bonds. The molecule has 1 aromatic carbocycles. The van der Waals surface area contributed by atoms with Crippen molar-refractivity contribution in [2.75, 3.05) is 5.75 Å². The van der Waals surface area contributed by atoms with Gasteiger partial charge in [-0.3, -0.25) is 4.79 Å². The zero-order chi connectivity index (χ0) is 16.1. The van der Waals surface area contributed by atoms with Crippen molar-refractivity contribution in [3.63, 3.8) is 0 Å². The molecule has 0 radical (unpaired) electrons. The molecular weight excluding hydrogens is 310 g/mol. The topological polar surface area (TPSA) is 68.0 Å². The van der Waals surface area contributed by atoms with Gasteiger partial charge in [-0.2, -0.15) is 12.6 Å². The first kappa shape index (κ1) is 16.1. The van der Waals surface area contributed by atoms with Crippen LogP contribution in [0.5, 0.6) is 0 Å². The molecule has 1 aliphatic carbocycles. The highest BCUT2D eigenvalue weighted by Crippen LogP contribution is 2.33. The van der Waals surface area contributed by atoms with Gasteiger partial charge in [0.05, 0.1) is 0 Å². The van der Waals surface area contributed by atoms with Gasteiger partial charge in [0.1, 0.15) is 0 Å². The van der Waals surface area contributed by atoms with E-state index < -0.39 is 0 Å². The molecule has 0 aliphatic heterocycles. The van der Waals surface area contributed by atoms with Gasteiger partial charge in [-0.05, 0) is 43.6 Å². The molecule has 0 unspecified atom stereocenters. The monoisotopic (exact) mass is 331 g/mol. The molecule has 0 saturated heterocycles. The molecular formula is C17H21N3O2S. The number of aromatic nitrogens is 2. The van der Waals surface area contributed by atoms with E-state index in [9.17, 15) is 4.79 Å². The SMILES string of the molecule is O=C(CCS)NC1CCC(c2nnc(-c3ccccc3)o2)CC1. The number of amides is 1. The normalized spacial score (nSPS) is 21.1. The second-order valence-electron chi connectivity index (χ2n) is 5.90. The minimum atomic E-state index is 0.0904. The van der Waals surface area contributed by atoms with E-state index in [4.69, 9.17) is 4.42 Å². The standard InChI is InChI=1S/C17H21N3O2S/c21-15(10-11-23)18-14-8-6-13(7-9-14)17-20-19-16(22-17)12-4-2-1-3-5-12/h1-5,13-14,23H,6-11H2,(H,18,21). The number of thiol groups is 1. The van der Waals surface area contributed by atoms with Crippen LogP contribution in [0.25, 0.3) is 11.5 Å². The first-order chi connectivity index (χ1) is 11.3. The third kappa shape index (κ3) is 4.13. The van der Waals surface area contributed by atoms with E-state index in [2.05, 4.69) is 28.1 Å². The Morgan fingerprint density at radius 2 is 1.91 bits per heavy atom. The van der Waals surface area contributed by atoms with E-state index in [1.165, 1.54) is 0 Å². The van der Waals surface area contributed by atoms with Crippen LogP contribution in [-0.4, -0.2) is 27.9 Å². The average Bonchev–Trinajstić information content (AvgIpc) is 3.07. The molecule has 2 aromatic rings. The Kier molecular flexibility index (Phi) is 5.33. The van der Waals surface area contributed by atoms with Crippen molar-refractivity contribution in [3.8, 4) is 11.5 Å². The van der Waals surface area contributed by atoms with E-state index in [0.29, 0.717) is 24.0 Å². The first-order valence-corrected chi connectivity index (χ1v) is 8.68. The molecule has 1 aromatic heterocycles. The van der Waals surface area contributed by atoms with E-state index >= 15 is 0 Å². The fourth-order valence-electron chi connectivity index (χ4n) is 2.98. The summed E-state index contributed by atoms with van der Waals surface area (Å²) in [4.78, 5) is 11.6. The third-order valence-electron chi connectivity index (χ3n) is 4.24. The van der Waals surface area contributed by atoms with Crippen molar-refractivity contribution >= 4 is 18.5 Å². The Bertz CT molecular complexity index is 636. The van der Waals surface area contributed by atoms with Crippen LogP contribution in [0.3, 0.4) is 0 Å². The van der Waals surface area contributed by atoms with Gasteiger partial charge in [0, 0.05) is 23.9 Å². The van der Waals surface area contributed by atoms with Gasteiger partial charge in [-0.15, -0.1) is 10.2 Å². The molecule has 1 heterocycles. The smallest absolute Gasteiger partial charge is 0.247 e. The van der Waals surface area contributed by atoms with Crippen LogP contribution in [0.2, 0.25) is 0 Å². The van der Waals surface area contributed by atoms with Crippen molar-refractivity contribution in [1.82, 2.24) is 15.5 Å². The summed E-state index contributed by atoms with van der Waals surface area (Å²) >= 11 is 4.08. The predicted octanol–water partition coefficient (Wildman–Crippen LogP) is 3.20. The maximum Gasteiger partial charge on any atom is 0.247 e. The van der Waals surface area contributed by atoms with Gasteiger partial charge < -0.3 is 9.73 Å². The average molecular weight is 331 g/mol. The molecule has 1 aliphatic rings. The molecule has 122 valence electrons. The van der Waals surface area contributed by atoms with E-state index in [1.54, 1.807) is 0 Å². The van der Waals surface area contributed by atoms with Crippen molar-refractivity contribution < 1.29 is 9.21 Å². The summed E-state index contributed by atoms with van der Waals surface area (Å²) in [7, 11) is 0. The van der Waals surface area contributed by atoms with Gasteiger partial charge in [0.2, 0.25) is 17.7 Å². The Morgan fingerprint density at radius 3 is 2.61 bits per heavy atom. The lowest BCUT2D eigenvalue weighted by atomic mass is 9.86. The Hall–Kier alpha value is -1.82. The molecule has 5 nitrogen and oxygen atoms in total. The summed E-state index contributed by atoms with van der Waals surface area (Å²) < 4.78 is 5.84. The van der Waals surface area contributed by atoms with Crippen molar-refractivity contribution in [2.45, 2.75) is 44.1 Å². The molecule has 1 N–H and O–H groups in total. The van der Waals surface area contributed by atoms with E-state index in [1.807, 2.05) is 30.3 Å². The van der Waals surface area contributed by atoms with Crippen LogP contribution in [0.4, 0.5) is 0 Å². The lowest BCUT2D eigenvalue weighted by Crippen LogP contribution is -2.37. The summed E-state index contributed by atoms with van der Waals surface area (Å²) in [5.41, 5.74) is 0.943. The second kappa shape index (κ2) is 7.64. The highest BCUT2D eigenvalue weighted by Gasteiger charge is 2.27. The molecule has 1 saturated carbocycles. The Morgan fingerprint density at radius 1 is 1.17 bits per heavy atom. The lowest BCUT2D eigenvalue weighted by molar-refractivity contribution is -0.121. The Labute approximate surface area is 141 Å². The van der Waals surface area contributed by atoms with Crippen LogP contribution >= 0.6 is 12.6 Å². The fraction of sp³-hybridized carbons (Fsp3) is 0.471. The summed E-state index contributed by atoms with van der Waals surface area (Å²) in [5.74, 6) is 2.25. The van der Waals surface area contributed by atoms with Crippen molar-refractivity contribution in [2.24, 2.45) is 0 Å². The Balaban J connectivity index is 1.56. The maximum absolute atomic E-state index is 11.6. The number of hydrogen-bond acceptors (Lipinski definition) is 5. The van der Waals surface area contributed by atoms with E-state index in [-0.39, 0.29) is 17.9 Å². The minimum Gasteiger partial charge on any atom is -0.420 e. The first-order valence-electron chi connectivity index (χ1n) is 8.05. The lowest BCUT2D eigenvalue weighted by Gasteiger charge is -2.27. The van der Waals surface area contributed by atoms with Gasteiger partial charge in [-0.1, -0.05) is 18.2 Å². The highest BCUT2D eigenvalue weighted by atomic mass is 32.1. The van der Waals surface area contributed by atoms with Crippen LogP contribution in [0, 0.1) is 0 Å². The fourth-order valence-corrected chi connectivity index (χ4v) is 3.19. The van der Waals surface area contributed by atoms with Crippen LogP contribution in [0.15, 0.2) is 34.7 Å². The summed E-state index contributed by atoms with van der Waals surface area (Å²) in [6, 6.07) is 10.1. The highest BCUT2D eigenvalue weighted by molar-refractivity contribution is 7.80.